The zero-order chi connectivity index (χ0) is 14.3. The summed E-state index contributed by atoms with van der Waals surface area (Å²) in [6, 6.07) is 5.93. The van der Waals surface area contributed by atoms with Crippen LogP contribution in [-0.4, -0.2) is 9.97 Å². The molecule has 3 aromatic rings. The Morgan fingerprint density at radius 1 is 1.30 bits per heavy atom. The maximum Gasteiger partial charge on any atom is 0.0804 e. The van der Waals surface area contributed by atoms with Crippen molar-refractivity contribution in [1.29, 1.82) is 0 Å². The molecule has 0 radical (unpaired) electrons. The molecule has 0 saturated heterocycles. The molecule has 5 heteroatoms. The van der Waals surface area contributed by atoms with Gasteiger partial charge in [0.15, 0.2) is 0 Å². The molecule has 2 heterocycles. The van der Waals surface area contributed by atoms with E-state index in [1.165, 1.54) is 16.6 Å². The predicted molar refractivity (Wildman–Crippen MR) is 87.4 cm³/mol. The molecular formula is C15H15BrN4. The van der Waals surface area contributed by atoms with E-state index in [0.717, 1.165) is 21.4 Å². The van der Waals surface area contributed by atoms with Gasteiger partial charge in [0, 0.05) is 27.4 Å². The third-order valence-electron chi connectivity index (χ3n) is 3.50. The summed E-state index contributed by atoms with van der Waals surface area (Å²) in [5.74, 6) is 0. The third kappa shape index (κ3) is 2.14. The molecule has 1 aromatic carbocycles. The number of halogens is 1. The van der Waals surface area contributed by atoms with Gasteiger partial charge in [-0.25, -0.2) is 0 Å². The van der Waals surface area contributed by atoms with Crippen molar-refractivity contribution in [2.24, 2.45) is 0 Å². The molecule has 20 heavy (non-hydrogen) atoms. The monoisotopic (exact) mass is 330 g/mol. The average Bonchev–Trinajstić information content (AvgIpc) is 2.70. The number of aromatic nitrogens is 2. The van der Waals surface area contributed by atoms with Crippen LogP contribution in [0.1, 0.15) is 11.3 Å². The van der Waals surface area contributed by atoms with E-state index in [9.17, 15) is 0 Å². The van der Waals surface area contributed by atoms with Crippen molar-refractivity contribution in [2.45, 2.75) is 13.8 Å². The number of nitrogens with zero attached hydrogens (tertiary/aromatic N) is 1. The lowest BCUT2D eigenvalue weighted by Gasteiger charge is -2.09. The van der Waals surface area contributed by atoms with Crippen LogP contribution < -0.4 is 11.1 Å². The number of aryl methyl sites for hydroxylation is 2. The van der Waals surface area contributed by atoms with Crippen molar-refractivity contribution >= 4 is 43.9 Å². The molecule has 0 spiro atoms. The van der Waals surface area contributed by atoms with Crippen LogP contribution in [0.15, 0.2) is 35.1 Å². The van der Waals surface area contributed by atoms with Crippen LogP contribution in [0.4, 0.5) is 17.1 Å². The normalized spacial score (nSPS) is 10.9. The van der Waals surface area contributed by atoms with E-state index in [4.69, 9.17) is 5.73 Å². The molecule has 0 aliphatic heterocycles. The second-order valence-corrected chi connectivity index (χ2v) is 5.70. The minimum absolute atomic E-state index is 0.679. The fourth-order valence-electron chi connectivity index (χ4n) is 2.25. The Kier molecular flexibility index (Phi) is 3.14. The fraction of sp³-hybridized carbons (Fsp3) is 0.133. The maximum absolute atomic E-state index is 5.93. The second-order valence-electron chi connectivity index (χ2n) is 4.84. The van der Waals surface area contributed by atoms with Crippen LogP contribution in [0, 0.1) is 13.8 Å². The van der Waals surface area contributed by atoms with Gasteiger partial charge in [-0.1, -0.05) is 0 Å². The Hall–Kier alpha value is -2.01. The quantitative estimate of drug-likeness (QED) is 0.657. The number of benzene rings is 1. The highest BCUT2D eigenvalue weighted by atomic mass is 79.9. The predicted octanol–water partition coefficient (Wildman–Crippen LogP) is 4.27. The average molecular weight is 331 g/mol. The van der Waals surface area contributed by atoms with Crippen molar-refractivity contribution in [2.75, 3.05) is 11.1 Å². The summed E-state index contributed by atoms with van der Waals surface area (Å²) in [5.41, 5.74) is 11.9. The molecule has 102 valence electrons. The van der Waals surface area contributed by atoms with Gasteiger partial charge < -0.3 is 16.0 Å². The number of nitrogen functional groups attached to an aromatic ring is 1. The standard InChI is InChI=1S/C15H15BrN4/c1-8-9(2)19-15-11(8)5-10(6-12(15)16)20-14-7-18-4-3-13(14)17/h3-7,19-20H,1-2H3,(H2,17,18). The van der Waals surface area contributed by atoms with Crippen molar-refractivity contribution in [3.05, 3.63) is 46.3 Å². The Bertz CT molecular complexity index is 792. The first-order valence-corrected chi connectivity index (χ1v) is 7.10. The molecule has 0 aliphatic rings. The molecule has 0 aliphatic carbocycles. The van der Waals surface area contributed by atoms with E-state index in [1.54, 1.807) is 18.5 Å². The molecular weight excluding hydrogens is 316 g/mol. The highest BCUT2D eigenvalue weighted by Crippen LogP contribution is 2.33. The van der Waals surface area contributed by atoms with Crippen LogP contribution in [-0.2, 0) is 0 Å². The summed E-state index contributed by atoms with van der Waals surface area (Å²) in [4.78, 5) is 7.47. The van der Waals surface area contributed by atoms with E-state index < -0.39 is 0 Å². The van der Waals surface area contributed by atoms with Gasteiger partial charge in [-0.2, -0.15) is 0 Å². The van der Waals surface area contributed by atoms with Gasteiger partial charge in [0.1, 0.15) is 0 Å². The maximum atomic E-state index is 5.93. The molecule has 4 N–H and O–H groups in total. The number of rotatable bonds is 2. The molecule has 0 saturated carbocycles. The number of anilines is 3. The summed E-state index contributed by atoms with van der Waals surface area (Å²) in [7, 11) is 0. The zero-order valence-electron chi connectivity index (χ0n) is 11.3. The van der Waals surface area contributed by atoms with Gasteiger partial charge in [-0.15, -0.1) is 0 Å². The lowest BCUT2D eigenvalue weighted by Crippen LogP contribution is -1.96. The van der Waals surface area contributed by atoms with Crippen molar-refractivity contribution < 1.29 is 0 Å². The highest BCUT2D eigenvalue weighted by Gasteiger charge is 2.09. The van der Waals surface area contributed by atoms with Gasteiger partial charge in [0.25, 0.3) is 0 Å². The lowest BCUT2D eigenvalue weighted by atomic mass is 10.1. The zero-order valence-corrected chi connectivity index (χ0v) is 12.9. The number of nitrogens with one attached hydrogen (secondary N) is 2. The van der Waals surface area contributed by atoms with Crippen LogP contribution in [0.2, 0.25) is 0 Å². The topological polar surface area (TPSA) is 66.7 Å². The summed E-state index contributed by atoms with van der Waals surface area (Å²) in [6.07, 6.45) is 3.40. The largest absolute Gasteiger partial charge is 0.397 e. The molecule has 0 unspecified atom stereocenters. The summed E-state index contributed by atoms with van der Waals surface area (Å²) in [6.45, 7) is 4.19. The Balaban J connectivity index is 2.09. The van der Waals surface area contributed by atoms with Gasteiger partial charge in [0.05, 0.1) is 23.1 Å². The molecule has 0 bridgehead atoms. The fourth-order valence-corrected chi connectivity index (χ4v) is 2.81. The molecule has 0 atom stereocenters. The summed E-state index contributed by atoms with van der Waals surface area (Å²) >= 11 is 3.61. The molecule has 2 aromatic heterocycles. The minimum atomic E-state index is 0.679. The van der Waals surface area contributed by atoms with Crippen LogP contribution in [0.3, 0.4) is 0 Å². The van der Waals surface area contributed by atoms with Crippen molar-refractivity contribution in [3.8, 4) is 0 Å². The number of pyridine rings is 1. The van der Waals surface area contributed by atoms with Gasteiger partial charge in [-0.05, 0) is 53.5 Å². The summed E-state index contributed by atoms with van der Waals surface area (Å²) < 4.78 is 1.02. The van der Waals surface area contributed by atoms with E-state index in [0.29, 0.717) is 5.69 Å². The van der Waals surface area contributed by atoms with E-state index in [1.807, 2.05) is 6.07 Å². The molecule has 0 fully saturated rings. The number of aromatic amines is 1. The van der Waals surface area contributed by atoms with E-state index in [-0.39, 0.29) is 0 Å². The first kappa shape index (κ1) is 13.0. The van der Waals surface area contributed by atoms with Crippen molar-refractivity contribution in [3.63, 3.8) is 0 Å². The van der Waals surface area contributed by atoms with E-state index >= 15 is 0 Å². The highest BCUT2D eigenvalue weighted by molar-refractivity contribution is 9.10. The summed E-state index contributed by atoms with van der Waals surface area (Å²) in [5, 5.41) is 4.51. The number of nitrogens with two attached hydrogens (primary N) is 1. The first-order chi connectivity index (χ1) is 9.56. The van der Waals surface area contributed by atoms with Crippen LogP contribution in [0.5, 0.6) is 0 Å². The Morgan fingerprint density at radius 3 is 2.85 bits per heavy atom. The van der Waals surface area contributed by atoms with Gasteiger partial charge >= 0.3 is 0 Å². The molecule has 0 amide bonds. The van der Waals surface area contributed by atoms with Crippen molar-refractivity contribution in [1.82, 2.24) is 9.97 Å². The minimum Gasteiger partial charge on any atom is -0.397 e. The number of hydrogen-bond donors (Lipinski definition) is 3. The number of H-pyrrole nitrogens is 1. The van der Waals surface area contributed by atoms with Gasteiger partial charge in [0.2, 0.25) is 0 Å². The van der Waals surface area contributed by atoms with Crippen LogP contribution in [0.25, 0.3) is 10.9 Å². The first-order valence-electron chi connectivity index (χ1n) is 6.31. The van der Waals surface area contributed by atoms with E-state index in [2.05, 4.69) is 51.1 Å². The van der Waals surface area contributed by atoms with Gasteiger partial charge in [-0.3, -0.25) is 4.98 Å². The lowest BCUT2D eigenvalue weighted by molar-refractivity contribution is 1.25. The Labute approximate surface area is 125 Å². The van der Waals surface area contributed by atoms with Crippen LogP contribution >= 0.6 is 15.9 Å². The SMILES string of the molecule is Cc1[nH]c2c(Br)cc(Nc3cnccc3N)cc2c1C. The molecule has 4 nitrogen and oxygen atoms in total. The number of hydrogen-bond acceptors (Lipinski definition) is 3. The third-order valence-corrected chi connectivity index (χ3v) is 4.13. The molecule has 3 rings (SSSR count). The second kappa shape index (κ2) is 4.83. The number of fused-ring (bicyclic) bond motifs is 1. The smallest absolute Gasteiger partial charge is 0.0804 e. The Morgan fingerprint density at radius 2 is 2.10 bits per heavy atom.